The minimum Gasteiger partial charge on any atom is -0.507 e. The van der Waals surface area contributed by atoms with Crippen molar-refractivity contribution in [2.45, 2.75) is 68.8 Å². The number of rotatable bonds is 4. The third-order valence-electron chi connectivity index (χ3n) is 7.80. The Morgan fingerprint density at radius 2 is 1.64 bits per heavy atom. The molecule has 2 aromatic rings. The average Bonchev–Trinajstić information content (AvgIpc) is 2.88. The minimum atomic E-state index is -1.81. The first-order valence-corrected chi connectivity index (χ1v) is 12.3. The summed E-state index contributed by atoms with van der Waals surface area (Å²) in [7, 11) is 2.61. The predicted molar refractivity (Wildman–Crippen MR) is 131 cm³/mol. The molecule has 1 saturated heterocycles. The highest BCUT2D eigenvalue weighted by molar-refractivity contribution is 6.30. The number of aliphatic hydroxyl groups is 4. The number of ether oxygens (including phenoxy) is 4. The highest BCUT2D eigenvalue weighted by atomic mass is 16.7. The summed E-state index contributed by atoms with van der Waals surface area (Å²) in [6.07, 6.45) is -9.02. The smallest absolute Gasteiger partial charge is 0.201 e. The van der Waals surface area contributed by atoms with Gasteiger partial charge in [0.05, 0.1) is 36.0 Å². The molecule has 5 rings (SSSR count). The van der Waals surface area contributed by atoms with Crippen LogP contribution in [0, 0.1) is 0 Å². The van der Waals surface area contributed by atoms with Crippen molar-refractivity contribution in [2.75, 3.05) is 14.2 Å². The van der Waals surface area contributed by atoms with E-state index in [0.717, 1.165) is 0 Å². The summed E-state index contributed by atoms with van der Waals surface area (Å²) in [6, 6.07) is 3.68. The number of aromatic hydroxyl groups is 2. The second kappa shape index (κ2) is 9.52. The second-order valence-corrected chi connectivity index (χ2v) is 10.4. The Morgan fingerprint density at radius 1 is 0.974 bits per heavy atom. The molecular formula is C27H30O12. The van der Waals surface area contributed by atoms with Crippen molar-refractivity contribution in [3.05, 3.63) is 51.6 Å². The van der Waals surface area contributed by atoms with Crippen LogP contribution in [0.4, 0.5) is 0 Å². The van der Waals surface area contributed by atoms with E-state index in [0.29, 0.717) is 0 Å². The van der Waals surface area contributed by atoms with Gasteiger partial charge in [0.2, 0.25) is 5.78 Å². The number of phenolic OH excluding ortho intramolecular Hbond substituents is 2. The van der Waals surface area contributed by atoms with Crippen LogP contribution in [0.15, 0.2) is 18.2 Å². The van der Waals surface area contributed by atoms with E-state index in [1.165, 1.54) is 46.3 Å². The Bertz CT molecular complexity index is 1350. The Kier molecular flexibility index (Phi) is 6.71. The van der Waals surface area contributed by atoms with E-state index >= 15 is 0 Å². The van der Waals surface area contributed by atoms with Crippen LogP contribution in [0.3, 0.4) is 0 Å². The first kappa shape index (κ1) is 27.5. The van der Waals surface area contributed by atoms with E-state index in [9.17, 15) is 40.2 Å². The Balaban J connectivity index is 1.65. The normalized spacial score (nSPS) is 33.8. The summed E-state index contributed by atoms with van der Waals surface area (Å²) in [4.78, 5) is 27.0. The van der Waals surface area contributed by atoms with Gasteiger partial charge in [0, 0.05) is 36.3 Å². The molecule has 0 spiro atoms. The maximum atomic E-state index is 13.5. The van der Waals surface area contributed by atoms with E-state index in [-0.39, 0.29) is 40.0 Å². The van der Waals surface area contributed by atoms with Crippen molar-refractivity contribution in [1.29, 1.82) is 0 Å². The third-order valence-corrected chi connectivity index (χ3v) is 7.80. The van der Waals surface area contributed by atoms with Gasteiger partial charge in [-0.25, -0.2) is 0 Å². The van der Waals surface area contributed by atoms with Crippen LogP contribution in [0.2, 0.25) is 0 Å². The zero-order valence-electron chi connectivity index (χ0n) is 21.6. The Morgan fingerprint density at radius 3 is 2.28 bits per heavy atom. The Hall–Kier alpha value is -3.10. The maximum Gasteiger partial charge on any atom is 0.201 e. The van der Waals surface area contributed by atoms with Gasteiger partial charge in [-0.2, -0.15) is 0 Å². The van der Waals surface area contributed by atoms with Gasteiger partial charge in [0.25, 0.3) is 0 Å². The van der Waals surface area contributed by atoms with Gasteiger partial charge in [-0.3, -0.25) is 9.59 Å². The maximum absolute atomic E-state index is 13.5. The monoisotopic (exact) mass is 546 g/mol. The number of benzene rings is 2. The van der Waals surface area contributed by atoms with Gasteiger partial charge in [0.1, 0.15) is 41.7 Å². The molecule has 0 radical (unpaired) electrons. The number of fused-ring (bicyclic) bond motifs is 3. The number of hydrogen-bond donors (Lipinski definition) is 6. The number of carbonyl (C=O) groups excluding carboxylic acids is 2. The largest absolute Gasteiger partial charge is 0.507 e. The van der Waals surface area contributed by atoms with Crippen molar-refractivity contribution in [3.63, 3.8) is 0 Å². The molecule has 0 saturated carbocycles. The molecule has 0 bridgehead atoms. The molecule has 39 heavy (non-hydrogen) atoms. The molecule has 1 heterocycles. The average molecular weight is 547 g/mol. The van der Waals surface area contributed by atoms with E-state index in [4.69, 9.17) is 18.9 Å². The molecule has 3 aliphatic rings. The van der Waals surface area contributed by atoms with E-state index in [2.05, 4.69) is 0 Å². The van der Waals surface area contributed by atoms with Crippen molar-refractivity contribution >= 4 is 11.6 Å². The van der Waals surface area contributed by atoms with Gasteiger partial charge in [0.15, 0.2) is 12.1 Å². The summed E-state index contributed by atoms with van der Waals surface area (Å²) < 4.78 is 22.2. The second-order valence-electron chi connectivity index (χ2n) is 10.4. The SMILES string of the molecule is COc1cc(O)c2c(c1)C(=O)c1cc3c(c(O)c1C2=O)C(O[C@@H]1O[C@@H](C)[C@H](O)[C@@H](O)[C@H]1OC)CC(C)(O)C3O. The van der Waals surface area contributed by atoms with Crippen molar-refractivity contribution in [3.8, 4) is 17.2 Å². The molecule has 1 aliphatic heterocycles. The molecule has 1 fully saturated rings. The molecule has 3 unspecified atom stereocenters. The fourth-order valence-corrected chi connectivity index (χ4v) is 5.65. The number of hydrogen-bond acceptors (Lipinski definition) is 12. The lowest BCUT2D eigenvalue weighted by Gasteiger charge is -2.45. The van der Waals surface area contributed by atoms with Crippen LogP contribution >= 0.6 is 0 Å². The third kappa shape index (κ3) is 4.11. The minimum absolute atomic E-state index is 0.0531. The molecule has 210 valence electrons. The van der Waals surface area contributed by atoms with Gasteiger partial charge < -0.3 is 49.6 Å². The molecule has 8 atom stereocenters. The van der Waals surface area contributed by atoms with E-state index < -0.39 is 77.1 Å². The standard InChI is InChI=1S/C27H30O12/c1-9-19(29)23(33)24(37-4)26(38-9)39-15-8-27(2,35)25(34)13-7-12-18(22(32)17(13)15)21(31)16-11(20(12)30)5-10(36-3)6-14(16)28/h5-7,9,15,19,23-26,28-29,32-35H,8H2,1-4H3/t9-,15?,19-,23+,24+,25?,26-,27?/m0/s1. The van der Waals surface area contributed by atoms with Gasteiger partial charge in [-0.05, 0) is 31.5 Å². The van der Waals surface area contributed by atoms with E-state index in [1.54, 1.807) is 0 Å². The first-order valence-electron chi connectivity index (χ1n) is 12.3. The van der Waals surface area contributed by atoms with Gasteiger partial charge >= 0.3 is 0 Å². The van der Waals surface area contributed by atoms with Crippen LogP contribution in [0.25, 0.3) is 0 Å². The van der Waals surface area contributed by atoms with Gasteiger partial charge in [-0.15, -0.1) is 0 Å². The molecule has 0 aromatic heterocycles. The highest BCUT2D eigenvalue weighted by Gasteiger charge is 2.50. The summed E-state index contributed by atoms with van der Waals surface area (Å²) >= 11 is 0. The van der Waals surface area contributed by atoms with Crippen LogP contribution in [0.1, 0.15) is 75.4 Å². The number of phenols is 2. The zero-order chi connectivity index (χ0) is 28.5. The summed E-state index contributed by atoms with van der Waals surface area (Å²) in [5.74, 6) is -2.58. The molecule has 6 N–H and O–H groups in total. The molecule has 0 amide bonds. The quantitative estimate of drug-likeness (QED) is 0.267. The first-order chi connectivity index (χ1) is 18.3. The summed E-state index contributed by atoms with van der Waals surface area (Å²) in [6.45, 7) is 2.86. The number of ketones is 2. The zero-order valence-corrected chi connectivity index (χ0v) is 21.6. The van der Waals surface area contributed by atoms with Crippen LogP contribution in [-0.4, -0.2) is 92.7 Å². The lowest BCUT2D eigenvalue weighted by atomic mass is 9.73. The van der Waals surface area contributed by atoms with Crippen molar-refractivity contribution in [1.82, 2.24) is 0 Å². The lowest BCUT2D eigenvalue weighted by Crippen LogP contribution is -2.58. The van der Waals surface area contributed by atoms with E-state index in [1.807, 2.05) is 0 Å². The number of aliphatic hydroxyl groups excluding tert-OH is 3. The molecule has 12 heteroatoms. The summed E-state index contributed by atoms with van der Waals surface area (Å²) in [5.41, 5.74) is -3.02. The van der Waals surface area contributed by atoms with Crippen LogP contribution in [-0.2, 0) is 14.2 Å². The molecule has 2 aromatic carbocycles. The van der Waals surface area contributed by atoms with Gasteiger partial charge in [-0.1, -0.05) is 0 Å². The predicted octanol–water partition coefficient (Wildman–Crippen LogP) is 0.609. The lowest BCUT2D eigenvalue weighted by molar-refractivity contribution is -0.314. The molecule has 2 aliphatic carbocycles. The fourth-order valence-electron chi connectivity index (χ4n) is 5.65. The Labute approximate surface area is 222 Å². The summed E-state index contributed by atoms with van der Waals surface area (Å²) in [5, 5.41) is 64.7. The number of carbonyl (C=O) groups is 2. The topological polar surface area (TPSA) is 192 Å². The number of methoxy groups -OCH3 is 2. The van der Waals surface area contributed by atoms with Crippen LogP contribution < -0.4 is 4.74 Å². The van der Waals surface area contributed by atoms with Crippen molar-refractivity contribution < 1.29 is 59.2 Å². The molecule has 12 nitrogen and oxygen atoms in total. The molecular weight excluding hydrogens is 516 g/mol. The highest BCUT2D eigenvalue weighted by Crippen LogP contribution is 2.52. The van der Waals surface area contributed by atoms with Crippen LogP contribution in [0.5, 0.6) is 17.2 Å². The fraction of sp³-hybridized carbons (Fsp3) is 0.481. The van der Waals surface area contributed by atoms with Crippen molar-refractivity contribution in [2.24, 2.45) is 0 Å².